The Morgan fingerprint density at radius 2 is 1.61 bits per heavy atom. The molecule has 3 fully saturated rings. The third-order valence-electron chi connectivity index (χ3n) is 14.2. The van der Waals surface area contributed by atoms with Crippen molar-refractivity contribution in [2.24, 2.45) is 23.7 Å². The van der Waals surface area contributed by atoms with Gasteiger partial charge in [-0.25, -0.2) is 0 Å². The van der Waals surface area contributed by atoms with Crippen LogP contribution in [0.5, 0.6) is 0 Å². The van der Waals surface area contributed by atoms with Crippen molar-refractivity contribution in [3.8, 4) is 0 Å². The van der Waals surface area contributed by atoms with E-state index in [0.29, 0.717) is 6.42 Å². The highest BCUT2D eigenvalue weighted by molar-refractivity contribution is 5.88. The number of aliphatic hydroxyl groups excluding tert-OH is 3. The van der Waals surface area contributed by atoms with Gasteiger partial charge in [0.05, 0.1) is 54.1 Å². The van der Waals surface area contributed by atoms with E-state index in [1.165, 1.54) is 27.9 Å². The van der Waals surface area contributed by atoms with E-state index >= 15 is 0 Å². The zero-order chi connectivity index (χ0) is 47.6. The summed E-state index contributed by atoms with van der Waals surface area (Å²) in [7, 11) is 5.14. The van der Waals surface area contributed by atoms with Gasteiger partial charge in [0.2, 0.25) is 5.91 Å². The number of rotatable bonds is 11. The number of likely N-dealkylation sites (N-methyl/N-ethyl adjacent to an activating group) is 1. The number of carbonyl (C=O) groups is 3. The van der Waals surface area contributed by atoms with E-state index in [2.05, 4.69) is 10.3 Å². The lowest BCUT2D eigenvalue weighted by Gasteiger charge is -2.49. The average Bonchev–Trinajstić information content (AvgIpc) is 3.64. The third-order valence-corrected chi connectivity index (χ3v) is 14.2. The maximum atomic E-state index is 14.7. The number of nitrogens with zero attached hydrogens (tertiary/aromatic N) is 1. The molecule has 1 aromatic heterocycles. The van der Waals surface area contributed by atoms with Gasteiger partial charge >= 0.3 is 5.97 Å². The molecule has 3 aliphatic heterocycles. The van der Waals surface area contributed by atoms with Crippen molar-refractivity contribution < 1.29 is 68.3 Å². The monoisotopic (exact) mass is 906 g/mol. The summed E-state index contributed by atoms with van der Waals surface area (Å²) in [6.45, 7) is 14.3. The lowest BCUT2D eigenvalue weighted by atomic mass is 9.74. The van der Waals surface area contributed by atoms with Gasteiger partial charge in [-0.05, 0) is 80.1 Å². The van der Waals surface area contributed by atoms with Crippen LogP contribution < -0.4 is 5.32 Å². The molecular formula is C47H75N3O14. The van der Waals surface area contributed by atoms with Crippen LogP contribution in [0.15, 0.2) is 30.5 Å². The molecule has 362 valence electrons. The minimum Gasteiger partial charge on any atom is -0.459 e. The smallest absolute Gasteiger partial charge is 0.311 e. The van der Waals surface area contributed by atoms with Crippen molar-refractivity contribution in [3.63, 3.8) is 0 Å². The number of aromatic amines is 1. The Hall–Kier alpha value is -3.07. The van der Waals surface area contributed by atoms with Crippen LogP contribution in [0.2, 0.25) is 0 Å². The molecule has 1 aromatic carbocycles. The van der Waals surface area contributed by atoms with Gasteiger partial charge in [0.1, 0.15) is 29.7 Å². The number of para-hydroxylation sites is 1. The summed E-state index contributed by atoms with van der Waals surface area (Å²) in [5, 5.41) is 62.9. The highest BCUT2D eigenvalue weighted by Crippen LogP contribution is 2.41. The number of aliphatic hydroxyl groups is 5. The second-order valence-electron chi connectivity index (χ2n) is 19.7. The number of ether oxygens (including phenoxy) is 6. The Bertz CT molecular complexity index is 1890. The van der Waals surface area contributed by atoms with Crippen molar-refractivity contribution in [2.45, 2.75) is 179 Å². The largest absolute Gasteiger partial charge is 0.459 e. The van der Waals surface area contributed by atoms with Crippen LogP contribution in [0.1, 0.15) is 93.6 Å². The first-order valence-electron chi connectivity index (χ1n) is 22.7. The number of esters is 1. The van der Waals surface area contributed by atoms with Gasteiger partial charge in [0.25, 0.3) is 0 Å². The summed E-state index contributed by atoms with van der Waals surface area (Å²) in [5.74, 6) is -5.89. The third kappa shape index (κ3) is 11.4. The first-order chi connectivity index (χ1) is 29.8. The van der Waals surface area contributed by atoms with Gasteiger partial charge in [-0.1, -0.05) is 39.0 Å². The molecular weight excluding hydrogens is 831 g/mol. The molecule has 17 heteroatoms. The molecule has 3 aliphatic rings. The normalized spacial score (nSPS) is 42.0. The summed E-state index contributed by atoms with van der Waals surface area (Å²) >= 11 is 0. The van der Waals surface area contributed by atoms with Gasteiger partial charge in [-0.3, -0.25) is 14.4 Å². The molecule has 17 nitrogen and oxygen atoms in total. The Morgan fingerprint density at radius 1 is 0.938 bits per heavy atom. The van der Waals surface area contributed by atoms with Crippen LogP contribution >= 0.6 is 0 Å². The minimum atomic E-state index is -2.21. The van der Waals surface area contributed by atoms with Crippen molar-refractivity contribution in [3.05, 3.63) is 36.0 Å². The number of carbonyl (C=O) groups excluding carboxylic acids is 3. The summed E-state index contributed by atoms with van der Waals surface area (Å²) < 4.78 is 37.7. The summed E-state index contributed by atoms with van der Waals surface area (Å²) in [6, 6.07) is 7.22. The fourth-order valence-electron chi connectivity index (χ4n) is 10.1. The first-order valence-corrected chi connectivity index (χ1v) is 22.7. The number of fused-ring (bicyclic) bond motifs is 1. The van der Waals surface area contributed by atoms with Gasteiger partial charge in [-0.2, -0.15) is 0 Å². The number of hydrogen-bond donors (Lipinski definition) is 7. The van der Waals surface area contributed by atoms with E-state index in [4.69, 9.17) is 28.4 Å². The Balaban J connectivity index is 1.52. The maximum Gasteiger partial charge on any atom is 0.311 e. The maximum absolute atomic E-state index is 14.7. The Morgan fingerprint density at radius 3 is 2.27 bits per heavy atom. The number of amides is 1. The van der Waals surface area contributed by atoms with E-state index in [1.807, 2.05) is 50.2 Å². The lowest BCUT2D eigenvalue weighted by Crippen LogP contribution is -2.61. The van der Waals surface area contributed by atoms with Crippen LogP contribution in [0.4, 0.5) is 0 Å². The minimum absolute atomic E-state index is 0.0413. The van der Waals surface area contributed by atoms with Crippen LogP contribution in [-0.2, 0) is 49.2 Å². The number of hydrogen-bond acceptors (Lipinski definition) is 15. The standard InChI is InChI=1S/C47H75N3O14/c1-24-21-45(7,57)42(64-44-38(53)33(50(10)11)19-25(2)60-44)27(4)39(63-36-22-46(8,59-12)41(55)29(6)61-36)28(5)43(56)62-34(47(9,58)40(54)26(3)37(24)52)17-18-48-35(51)20-30-23-49-32-16-14-13-15-31(30)32/h13-16,23-29,33-34,36,38-42,44,49,53-55,57-58H,17-22H2,1-12H3,(H,48,51)/t24-,25?,26+,27+,28-,29?,33?,34-,36?,38?,39+,40-,41?,42-,44?,45-,46?,47-/m1/s1. The molecule has 2 aromatic rings. The lowest BCUT2D eigenvalue weighted by molar-refractivity contribution is -0.318. The number of methoxy groups -OCH3 is 1. The molecule has 7 N–H and O–H groups in total. The van der Waals surface area contributed by atoms with Gasteiger partial charge in [0.15, 0.2) is 12.6 Å². The molecule has 0 saturated carbocycles. The molecule has 0 aliphatic carbocycles. The zero-order valence-electron chi connectivity index (χ0n) is 39.6. The molecule has 64 heavy (non-hydrogen) atoms. The molecule has 0 bridgehead atoms. The Kier molecular flexibility index (Phi) is 16.9. The van der Waals surface area contributed by atoms with Crippen molar-refractivity contribution in [2.75, 3.05) is 27.7 Å². The first kappa shape index (κ1) is 51.9. The van der Waals surface area contributed by atoms with E-state index < -0.39 is 108 Å². The van der Waals surface area contributed by atoms with Crippen LogP contribution in [0.25, 0.3) is 10.9 Å². The number of cyclic esters (lactones) is 1. The number of ketones is 1. The fraction of sp³-hybridized carbons (Fsp3) is 0.766. The van der Waals surface area contributed by atoms with Crippen molar-refractivity contribution in [1.29, 1.82) is 0 Å². The number of nitrogens with one attached hydrogen (secondary N) is 2. The van der Waals surface area contributed by atoms with Gasteiger partial charge < -0.3 is 69.2 Å². The summed E-state index contributed by atoms with van der Waals surface area (Å²) in [4.78, 5) is 47.1. The highest BCUT2D eigenvalue weighted by Gasteiger charge is 2.53. The molecule has 4 heterocycles. The molecule has 3 saturated heterocycles. The van der Waals surface area contributed by atoms with Crippen LogP contribution in [0.3, 0.4) is 0 Å². The van der Waals surface area contributed by atoms with Gasteiger partial charge in [0, 0.05) is 67.4 Å². The van der Waals surface area contributed by atoms with Crippen LogP contribution in [0, 0.1) is 23.7 Å². The zero-order valence-corrected chi connectivity index (χ0v) is 39.6. The number of aromatic nitrogens is 1. The second-order valence-corrected chi connectivity index (χ2v) is 19.7. The molecule has 8 unspecified atom stereocenters. The van der Waals surface area contributed by atoms with Crippen LogP contribution in [-0.4, -0.2) is 165 Å². The van der Waals surface area contributed by atoms with Crippen molar-refractivity contribution >= 4 is 28.6 Å². The molecule has 18 atom stereocenters. The van der Waals surface area contributed by atoms with Gasteiger partial charge in [-0.15, -0.1) is 0 Å². The number of benzene rings is 1. The summed E-state index contributed by atoms with van der Waals surface area (Å²) in [5.41, 5.74) is -3.52. The topological polar surface area (TPSA) is 239 Å². The van der Waals surface area contributed by atoms with E-state index in [0.717, 1.165) is 16.5 Å². The van der Waals surface area contributed by atoms with E-state index in [9.17, 15) is 39.9 Å². The molecule has 1 amide bonds. The fourth-order valence-corrected chi connectivity index (χ4v) is 10.1. The quantitative estimate of drug-likeness (QED) is 0.161. The number of Topliss-reactive ketones (excluding diaryl/α,β-unsaturated/α-hetero) is 1. The predicted molar refractivity (Wildman–Crippen MR) is 236 cm³/mol. The predicted octanol–water partition coefficient (Wildman–Crippen LogP) is 2.61. The Labute approximate surface area is 377 Å². The second kappa shape index (κ2) is 20.8. The van der Waals surface area contributed by atoms with E-state index in [1.54, 1.807) is 40.8 Å². The highest BCUT2D eigenvalue weighted by atomic mass is 16.7. The van der Waals surface area contributed by atoms with E-state index in [-0.39, 0.29) is 50.3 Å². The molecule has 5 rings (SSSR count). The van der Waals surface area contributed by atoms with Crippen molar-refractivity contribution in [1.82, 2.24) is 15.2 Å². The average molecular weight is 906 g/mol. The SMILES string of the molecule is COC1(C)CC(O[C@H]2[C@H](C)[C@@H](OC3OC(C)CC(N(C)C)C3O)[C@](C)(O)C[C@@H](C)C(=O)[C@H](C)[C@@H](O)[C@](C)(O)[C@@H](CCNC(=O)Cc3c[nH]c4ccccc34)OC(=O)[C@@H]2C)OC(C)C1O. The molecule has 0 spiro atoms. The molecule has 0 radical (unpaired) electrons. The number of H-pyrrole nitrogens is 1. The summed E-state index contributed by atoms with van der Waals surface area (Å²) in [6.07, 6.45) is -9.22.